The van der Waals surface area contributed by atoms with E-state index in [1.807, 2.05) is 0 Å². The Labute approximate surface area is 162 Å². The number of benzene rings is 2. The third-order valence-corrected chi connectivity index (χ3v) is 5.70. The number of hydrogen-bond acceptors (Lipinski definition) is 3. The molecule has 0 aromatic heterocycles. The van der Waals surface area contributed by atoms with E-state index in [-0.39, 0.29) is 5.91 Å². The number of nitrogens with one attached hydrogen (secondary N) is 1. The van der Waals surface area contributed by atoms with Crippen LogP contribution in [-0.2, 0) is 17.6 Å². The van der Waals surface area contributed by atoms with Gasteiger partial charge in [-0.2, -0.15) is 0 Å². The Morgan fingerprint density at radius 2 is 1.56 bits per heavy atom. The summed E-state index contributed by atoms with van der Waals surface area (Å²) in [5.41, 5.74) is 5.42. The van der Waals surface area contributed by atoms with Crippen LogP contribution in [0.4, 0.5) is 11.4 Å². The van der Waals surface area contributed by atoms with Crippen molar-refractivity contribution >= 4 is 17.3 Å². The van der Waals surface area contributed by atoms with Crippen molar-refractivity contribution in [3.63, 3.8) is 0 Å². The molecular formula is C23H29N3O. The highest BCUT2D eigenvalue weighted by Crippen LogP contribution is 2.27. The highest BCUT2D eigenvalue weighted by molar-refractivity contribution is 5.81. The summed E-state index contributed by atoms with van der Waals surface area (Å²) in [5.74, 6) is 0.133. The quantitative estimate of drug-likeness (QED) is 0.799. The second-order valence-corrected chi connectivity index (χ2v) is 7.58. The van der Waals surface area contributed by atoms with Crippen LogP contribution in [0.5, 0.6) is 0 Å². The fourth-order valence-electron chi connectivity index (χ4n) is 4.30. The summed E-state index contributed by atoms with van der Waals surface area (Å²) in [5, 5.41) is 3.12. The zero-order valence-electron chi connectivity index (χ0n) is 16.0. The molecular weight excluding hydrogens is 334 g/mol. The number of rotatable bonds is 6. The summed E-state index contributed by atoms with van der Waals surface area (Å²) in [7, 11) is 0. The fourth-order valence-corrected chi connectivity index (χ4v) is 4.30. The maximum absolute atomic E-state index is 12.5. The molecule has 2 aliphatic heterocycles. The SMILES string of the molecule is O=C(CN1CCCCc2ccccc21)NCCCN1CCc2ccccc21. The average molecular weight is 364 g/mol. The first-order valence-electron chi connectivity index (χ1n) is 10.2. The number of anilines is 2. The van der Waals surface area contributed by atoms with Crippen molar-refractivity contribution in [1.82, 2.24) is 5.32 Å². The van der Waals surface area contributed by atoms with Crippen LogP contribution in [0, 0.1) is 0 Å². The van der Waals surface area contributed by atoms with Crippen molar-refractivity contribution in [2.75, 3.05) is 42.5 Å². The largest absolute Gasteiger partial charge is 0.371 e. The molecule has 4 heteroatoms. The second kappa shape index (κ2) is 8.47. The Bertz CT molecular complexity index is 789. The van der Waals surface area contributed by atoms with Gasteiger partial charge in [-0.05, 0) is 55.4 Å². The van der Waals surface area contributed by atoms with E-state index in [0.717, 1.165) is 51.9 Å². The third kappa shape index (κ3) is 4.26. The highest BCUT2D eigenvalue weighted by atomic mass is 16.2. The number of para-hydroxylation sites is 2. The number of hydrogen-bond donors (Lipinski definition) is 1. The summed E-state index contributed by atoms with van der Waals surface area (Å²) in [6.45, 7) is 4.27. The topological polar surface area (TPSA) is 35.6 Å². The molecule has 2 aromatic rings. The third-order valence-electron chi connectivity index (χ3n) is 5.70. The van der Waals surface area contributed by atoms with E-state index < -0.39 is 0 Å². The van der Waals surface area contributed by atoms with Gasteiger partial charge in [0.15, 0.2) is 0 Å². The van der Waals surface area contributed by atoms with E-state index in [1.165, 1.54) is 28.9 Å². The Morgan fingerprint density at radius 3 is 2.37 bits per heavy atom. The van der Waals surface area contributed by atoms with Gasteiger partial charge in [0.2, 0.25) is 5.91 Å². The van der Waals surface area contributed by atoms with E-state index in [9.17, 15) is 4.79 Å². The highest BCUT2D eigenvalue weighted by Gasteiger charge is 2.19. The van der Waals surface area contributed by atoms with Crippen LogP contribution in [0.2, 0.25) is 0 Å². The molecule has 0 fully saturated rings. The number of carbonyl (C=O) groups excluding carboxylic acids is 1. The van der Waals surface area contributed by atoms with Gasteiger partial charge >= 0.3 is 0 Å². The normalized spacial score (nSPS) is 15.9. The summed E-state index contributed by atoms with van der Waals surface area (Å²) >= 11 is 0. The van der Waals surface area contributed by atoms with Crippen LogP contribution >= 0.6 is 0 Å². The summed E-state index contributed by atoms with van der Waals surface area (Å²) < 4.78 is 0. The van der Waals surface area contributed by atoms with Gasteiger partial charge in [-0.25, -0.2) is 0 Å². The van der Waals surface area contributed by atoms with E-state index in [0.29, 0.717) is 6.54 Å². The molecule has 2 aliphatic rings. The number of amides is 1. The molecule has 1 N–H and O–H groups in total. The summed E-state index contributed by atoms with van der Waals surface area (Å²) in [6.07, 6.45) is 5.59. The zero-order chi connectivity index (χ0) is 18.5. The fraction of sp³-hybridized carbons (Fsp3) is 0.435. The van der Waals surface area contributed by atoms with Gasteiger partial charge < -0.3 is 15.1 Å². The minimum absolute atomic E-state index is 0.133. The Morgan fingerprint density at radius 1 is 0.852 bits per heavy atom. The predicted octanol–water partition coefficient (Wildman–Crippen LogP) is 3.40. The number of aryl methyl sites for hydroxylation is 1. The van der Waals surface area contributed by atoms with Gasteiger partial charge in [-0.3, -0.25) is 4.79 Å². The maximum atomic E-state index is 12.5. The molecule has 1 amide bonds. The molecule has 2 heterocycles. The average Bonchev–Trinajstić information content (AvgIpc) is 3.00. The number of carbonyl (C=O) groups is 1. The summed E-state index contributed by atoms with van der Waals surface area (Å²) in [6, 6.07) is 17.2. The van der Waals surface area contributed by atoms with Crippen molar-refractivity contribution in [3.8, 4) is 0 Å². The predicted molar refractivity (Wildman–Crippen MR) is 112 cm³/mol. The van der Waals surface area contributed by atoms with Crippen molar-refractivity contribution in [2.24, 2.45) is 0 Å². The molecule has 0 saturated heterocycles. The van der Waals surface area contributed by atoms with Crippen molar-refractivity contribution in [1.29, 1.82) is 0 Å². The van der Waals surface area contributed by atoms with Crippen molar-refractivity contribution < 1.29 is 4.79 Å². The molecule has 0 aliphatic carbocycles. The van der Waals surface area contributed by atoms with Crippen molar-refractivity contribution in [2.45, 2.75) is 32.1 Å². The monoisotopic (exact) mass is 363 g/mol. The molecule has 2 aromatic carbocycles. The summed E-state index contributed by atoms with van der Waals surface area (Å²) in [4.78, 5) is 17.1. The molecule has 27 heavy (non-hydrogen) atoms. The van der Waals surface area contributed by atoms with Gasteiger partial charge in [0.1, 0.15) is 0 Å². The van der Waals surface area contributed by atoms with Crippen LogP contribution in [0.1, 0.15) is 30.4 Å². The van der Waals surface area contributed by atoms with Gasteiger partial charge in [0, 0.05) is 37.6 Å². The van der Waals surface area contributed by atoms with E-state index in [4.69, 9.17) is 0 Å². The Balaban J connectivity index is 1.24. The maximum Gasteiger partial charge on any atom is 0.239 e. The smallest absolute Gasteiger partial charge is 0.239 e. The molecule has 142 valence electrons. The van der Waals surface area contributed by atoms with Crippen LogP contribution in [0.25, 0.3) is 0 Å². The van der Waals surface area contributed by atoms with Crippen molar-refractivity contribution in [3.05, 3.63) is 59.7 Å². The molecule has 0 spiro atoms. The lowest BCUT2D eigenvalue weighted by atomic mass is 10.1. The molecule has 0 unspecified atom stereocenters. The first kappa shape index (κ1) is 17.9. The van der Waals surface area contributed by atoms with Crippen LogP contribution < -0.4 is 15.1 Å². The van der Waals surface area contributed by atoms with E-state index in [1.54, 1.807) is 0 Å². The first-order valence-corrected chi connectivity index (χ1v) is 10.2. The zero-order valence-corrected chi connectivity index (χ0v) is 16.0. The molecule has 4 nitrogen and oxygen atoms in total. The molecule has 4 rings (SSSR count). The van der Waals surface area contributed by atoms with Crippen LogP contribution in [0.15, 0.2) is 48.5 Å². The first-order chi connectivity index (χ1) is 13.3. The van der Waals surface area contributed by atoms with Gasteiger partial charge in [-0.15, -0.1) is 0 Å². The van der Waals surface area contributed by atoms with E-state index in [2.05, 4.69) is 63.6 Å². The minimum Gasteiger partial charge on any atom is -0.371 e. The number of fused-ring (bicyclic) bond motifs is 2. The molecule has 0 atom stereocenters. The standard InChI is InChI=1S/C23H29N3O/c27-23(18-26-15-6-5-10-19-8-1-4-12-22(19)26)24-14-7-16-25-17-13-20-9-2-3-11-21(20)25/h1-4,8-9,11-12H,5-7,10,13-18H2,(H,24,27). The molecule has 0 saturated carbocycles. The lowest BCUT2D eigenvalue weighted by molar-refractivity contribution is -0.119. The van der Waals surface area contributed by atoms with Crippen LogP contribution in [-0.4, -0.2) is 38.6 Å². The lowest BCUT2D eigenvalue weighted by Gasteiger charge is -2.24. The molecule has 0 bridgehead atoms. The second-order valence-electron chi connectivity index (χ2n) is 7.58. The van der Waals surface area contributed by atoms with Crippen LogP contribution in [0.3, 0.4) is 0 Å². The number of nitrogens with zero attached hydrogens (tertiary/aromatic N) is 2. The Hall–Kier alpha value is -2.49. The molecule has 0 radical (unpaired) electrons. The Kier molecular flexibility index (Phi) is 5.61. The lowest BCUT2D eigenvalue weighted by Crippen LogP contribution is -2.38. The van der Waals surface area contributed by atoms with Gasteiger partial charge in [0.25, 0.3) is 0 Å². The minimum atomic E-state index is 0.133. The van der Waals surface area contributed by atoms with Gasteiger partial charge in [0.05, 0.1) is 6.54 Å². The van der Waals surface area contributed by atoms with E-state index >= 15 is 0 Å². The van der Waals surface area contributed by atoms with Gasteiger partial charge in [-0.1, -0.05) is 36.4 Å².